The number of nitrogens with zero attached hydrogens (tertiary/aromatic N) is 1. The molecular formula is C14H19N3O2S2. The Kier molecular flexibility index (Phi) is 4.00. The van der Waals surface area contributed by atoms with Crippen LogP contribution in [0.2, 0.25) is 0 Å². The summed E-state index contributed by atoms with van der Waals surface area (Å²) < 4.78 is 28.2. The maximum Gasteiger partial charge on any atom is 0.241 e. The van der Waals surface area contributed by atoms with Crippen molar-refractivity contribution in [2.24, 2.45) is 5.73 Å². The van der Waals surface area contributed by atoms with E-state index in [9.17, 15) is 8.42 Å². The van der Waals surface area contributed by atoms with E-state index in [4.69, 9.17) is 18.0 Å². The van der Waals surface area contributed by atoms with Crippen molar-refractivity contribution in [1.29, 1.82) is 0 Å². The number of hydrogen-bond acceptors (Lipinski definition) is 4. The summed E-state index contributed by atoms with van der Waals surface area (Å²) in [7, 11) is -3.60. The number of nitrogens with one attached hydrogen (secondary N) is 1. The summed E-state index contributed by atoms with van der Waals surface area (Å²) in [6.45, 7) is 2.04. The first-order valence-corrected chi connectivity index (χ1v) is 9.03. The molecule has 0 bridgehead atoms. The number of hydrogen-bond donors (Lipinski definition) is 2. The summed E-state index contributed by atoms with van der Waals surface area (Å²) in [5.74, 6) is 0. The van der Waals surface area contributed by atoms with Crippen LogP contribution in [0.4, 0.5) is 0 Å². The van der Waals surface area contributed by atoms with E-state index in [1.807, 2.05) is 0 Å². The summed E-state index contributed by atoms with van der Waals surface area (Å²) in [5, 5.41) is 0. The zero-order chi connectivity index (χ0) is 15.0. The fourth-order valence-corrected chi connectivity index (χ4v) is 5.16. The van der Waals surface area contributed by atoms with Gasteiger partial charge in [0.25, 0.3) is 0 Å². The van der Waals surface area contributed by atoms with E-state index in [0.717, 1.165) is 32.4 Å². The topological polar surface area (TPSA) is 75.4 Å². The largest absolute Gasteiger partial charge is 0.389 e. The Hall–Kier alpha value is -1.02. The first-order valence-electron chi connectivity index (χ1n) is 7.14. The van der Waals surface area contributed by atoms with Gasteiger partial charge in [0.05, 0.1) is 4.90 Å². The number of thiocarbonyl (C=S) groups is 1. The molecule has 2 saturated heterocycles. The second-order valence-electron chi connectivity index (χ2n) is 5.62. The van der Waals surface area contributed by atoms with Crippen molar-refractivity contribution >= 4 is 27.2 Å². The number of nitrogens with two attached hydrogens (primary N) is 1. The third-order valence-electron chi connectivity index (χ3n) is 4.35. The molecule has 2 heterocycles. The van der Waals surface area contributed by atoms with Crippen molar-refractivity contribution in [2.75, 3.05) is 13.1 Å². The van der Waals surface area contributed by atoms with Crippen LogP contribution in [0.15, 0.2) is 29.2 Å². The van der Waals surface area contributed by atoms with Crippen molar-refractivity contribution in [2.45, 2.75) is 36.2 Å². The fourth-order valence-electron chi connectivity index (χ4n) is 3.39. The van der Waals surface area contributed by atoms with Crippen molar-refractivity contribution in [1.82, 2.24) is 9.62 Å². The Morgan fingerprint density at radius 2 is 2.05 bits per heavy atom. The van der Waals surface area contributed by atoms with E-state index < -0.39 is 10.0 Å². The van der Waals surface area contributed by atoms with Gasteiger partial charge in [0.2, 0.25) is 10.0 Å². The normalized spacial score (nSPS) is 25.9. The molecule has 0 aliphatic carbocycles. The first kappa shape index (κ1) is 14.9. The Morgan fingerprint density at radius 3 is 2.81 bits per heavy atom. The quantitative estimate of drug-likeness (QED) is 0.802. The molecule has 0 spiro atoms. The third kappa shape index (κ3) is 2.83. The molecule has 3 rings (SSSR count). The monoisotopic (exact) mass is 325 g/mol. The van der Waals surface area contributed by atoms with Crippen LogP contribution in [-0.4, -0.2) is 43.5 Å². The Balaban J connectivity index is 1.86. The van der Waals surface area contributed by atoms with Crippen molar-refractivity contribution in [3.8, 4) is 0 Å². The molecule has 2 aliphatic heterocycles. The predicted molar refractivity (Wildman–Crippen MR) is 85.7 cm³/mol. The van der Waals surface area contributed by atoms with Crippen LogP contribution in [0.3, 0.4) is 0 Å². The van der Waals surface area contributed by atoms with Gasteiger partial charge in [-0.2, -0.15) is 0 Å². The van der Waals surface area contributed by atoms with Gasteiger partial charge in [-0.15, -0.1) is 0 Å². The zero-order valence-electron chi connectivity index (χ0n) is 11.7. The Morgan fingerprint density at radius 1 is 1.29 bits per heavy atom. The predicted octanol–water partition coefficient (Wildman–Crippen LogP) is 0.836. The second-order valence-corrected chi connectivity index (χ2v) is 7.74. The summed E-state index contributed by atoms with van der Waals surface area (Å²) in [4.78, 5) is 2.64. The lowest BCUT2D eigenvalue weighted by Gasteiger charge is -2.21. The average Bonchev–Trinajstić information content (AvgIpc) is 3.04. The molecule has 0 radical (unpaired) electrons. The lowest BCUT2D eigenvalue weighted by atomic mass is 10.1. The highest BCUT2D eigenvalue weighted by molar-refractivity contribution is 7.89. The van der Waals surface area contributed by atoms with Crippen molar-refractivity contribution in [3.05, 3.63) is 29.8 Å². The van der Waals surface area contributed by atoms with E-state index in [1.165, 1.54) is 0 Å². The molecule has 1 aromatic carbocycles. The summed E-state index contributed by atoms with van der Waals surface area (Å²) >= 11 is 4.95. The molecule has 2 aliphatic rings. The zero-order valence-corrected chi connectivity index (χ0v) is 13.3. The Labute approximate surface area is 130 Å². The fraction of sp³-hybridized carbons (Fsp3) is 0.500. The molecule has 5 nitrogen and oxygen atoms in total. The maximum atomic E-state index is 12.7. The lowest BCUT2D eigenvalue weighted by molar-refractivity contribution is 0.309. The molecule has 2 fully saturated rings. The van der Waals surface area contributed by atoms with Crippen LogP contribution in [0.5, 0.6) is 0 Å². The summed E-state index contributed by atoms with van der Waals surface area (Å²) in [5.41, 5.74) is 6.04. The SMILES string of the molecule is NC(=S)c1ccccc1S(=O)(=O)NC1CCN2CCCC12. The summed E-state index contributed by atoms with van der Waals surface area (Å²) in [6, 6.07) is 6.94. The summed E-state index contributed by atoms with van der Waals surface area (Å²) in [6.07, 6.45) is 3.07. The molecule has 2 unspecified atom stereocenters. The molecule has 7 heteroatoms. The smallest absolute Gasteiger partial charge is 0.241 e. The molecule has 0 amide bonds. The molecule has 0 aromatic heterocycles. The van der Waals surface area contributed by atoms with Crippen LogP contribution in [-0.2, 0) is 10.0 Å². The van der Waals surface area contributed by atoms with Gasteiger partial charge in [0.15, 0.2) is 0 Å². The van der Waals surface area contributed by atoms with Gasteiger partial charge in [-0.05, 0) is 31.9 Å². The minimum absolute atomic E-state index is 0.0168. The van der Waals surface area contributed by atoms with Crippen LogP contribution < -0.4 is 10.5 Å². The van der Waals surface area contributed by atoms with Gasteiger partial charge in [-0.3, -0.25) is 4.90 Å². The Bertz CT molecular complexity index is 660. The molecular weight excluding hydrogens is 306 g/mol. The molecule has 3 N–H and O–H groups in total. The number of sulfonamides is 1. The van der Waals surface area contributed by atoms with Gasteiger partial charge in [0.1, 0.15) is 4.99 Å². The van der Waals surface area contributed by atoms with Gasteiger partial charge in [0, 0.05) is 24.2 Å². The minimum atomic E-state index is -3.60. The van der Waals surface area contributed by atoms with E-state index in [-0.39, 0.29) is 15.9 Å². The number of fused-ring (bicyclic) bond motifs is 1. The van der Waals surface area contributed by atoms with Crippen LogP contribution in [0.1, 0.15) is 24.8 Å². The molecule has 1 aromatic rings. The standard InChI is InChI=1S/C14H19N3O2S2/c15-14(20)10-4-1-2-6-13(10)21(18,19)16-11-7-9-17-8-3-5-12(11)17/h1-2,4,6,11-12,16H,3,5,7-9H2,(H2,15,20). The molecule has 2 atom stereocenters. The molecule has 21 heavy (non-hydrogen) atoms. The van der Waals surface area contributed by atoms with Gasteiger partial charge >= 0.3 is 0 Å². The third-order valence-corrected chi connectivity index (χ3v) is 6.12. The van der Waals surface area contributed by atoms with Crippen LogP contribution >= 0.6 is 12.2 Å². The highest BCUT2D eigenvalue weighted by Gasteiger charge is 2.39. The van der Waals surface area contributed by atoms with Crippen molar-refractivity contribution in [3.63, 3.8) is 0 Å². The highest BCUT2D eigenvalue weighted by Crippen LogP contribution is 2.29. The lowest BCUT2D eigenvalue weighted by Crippen LogP contribution is -2.42. The van der Waals surface area contributed by atoms with Gasteiger partial charge < -0.3 is 5.73 Å². The van der Waals surface area contributed by atoms with E-state index in [0.29, 0.717) is 11.6 Å². The van der Waals surface area contributed by atoms with Gasteiger partial charge in [-0.25, -0.2) is 13.1 Å². The number of benzene rings is 1. The number of rotatable bonds is 4. The highest BCUT2D eigenvalue weighted by atomic mass is 32.2. The van der Waals surface area contributed by atoms with Gasteiger partial charge in [-0.1, -0.05) is 30.4 Å². The van der Waals surface area contributed by atoms with Crippen LogP contribution in [0, 0.1) is 0 Å². The minimum Gasteiger partial charge on any atom is -0.389 e. The average molecular weight is 325 g/mol. The first-order chi connectivity index (χ1) is 9.99. The van der Waals surface area contributed by atoms with Crippen molar-refractivity contribution < 1.29 is 8.42 Å². The van der Waals surface area contributed by atoms with E-state index >= 15 is 0 Å². The van der Waals surface area contributed by atoms with E-state index in [1.54, 1.807) is 24.3 Å². The molecule has 114 valence electrons. The second kappa shape index (κ2) is 5.64. The molecule has 0 saturated carbocycles. The maximum absolute atomic E-state index is 12.7. The van der Waals surface area contributed by atoms with E-state index in [2.05, 4.69) is 9.62 Å². The van der Waals surface area contributed by atoms with Crippen LogP contribution in [0.25, 0.3) is 0 Å².